The molecule has 0 saturated heterocycles. The molecule has 0 radical (unpaired) electrons. The molecule has 0 atom stereocenters. The number of hydrogen-bond donors (Lipinski definition) is 1. The van der Waals surface area contributed by atoms with E-state index in [2.05, 4.69) is 15.2 Å². The summed E-state index contributed by atoms with van der Waals surface area (Å²) in [5.74, 6) is 0.747. The minimum atomic E-state index is 0.673. The van der Waals surface area contributed by atoms with Gasteiger partial charge in [0.2, 0.25) is 0 Å². The number of fused-ring (bicyclic) bond motifs is 2. The van der Waals surface area contributed by atoms with Crippen molar-refractivity contribution in [3.05, 3.63) is 54.9 Å². The third-order valence-electron chi connectivity index (χ3n) is 3.30. The van der Waals surface area contributed by atoms with Crippen molar-refractivity contribution < 1.29 is 0 Å². The first-order valence-corrected chi connectivity index (χ1v) is 6.27. The van der Waals surface area contributed by atoms with Gasteiger partial charge in [-0.3, -0.25) is 9.38 Å². The predicted molar refractivity (Wildman–Crippen MR) is 78.1 cm³/mol. The van der Waals surface area contributed by atoms with Crippen LogP contribution in [0.2, 0.25) is 0 Å². The SMILES string of the molecule is Nc1ccc2nnc(-c3cccc4cccnc34)n2c1. The Hall–Kier alpha value is -2.95. The van der Waals surface area contributed by atoms with Crippen molar-refractivity contribution in [2.75, 3.05) is 5.73 Å². The lowest BCUT2D eigenvalue weighted by Crippen LogP contribution is -1.94. The van der Waals surface area contributed by atoms with E-state index < -0.39 is 0 Å². The summed E-state index contributed by atoms with van der Waals surface area (Å²) in [6.07, 6.45) is 3.61. The number of aromatic nitrogens is 4. The smallest absolute Gasteiger partial charge is 0.170 e. The molecule has 20 heavy (non-hydrogen) atoms. The van der Waals surface area contributed by atoms with Crippen LogP contribution >= 0.6 is 0 Å². The summed E-state index contributed by atoms with van der Waals surface area (Å²) in [6.45, 7) is 0. The van der Waals surface area contributed by atoms with Gasteiger partial charge in [-0.2, -0.15) is 0 Å². The zero-order valence-corrected chi connectivity index (χ0v) is 10.6. The van der Waals surface area contributed by atoms with E-state index in [0.29, 0.717) is 5.69 Å². The van der Waals surface area contributed by atoms with Crippen LogP contribution in [-0.2, 0) is 0 Å². The first-order chi connectivity index (χ1) is 9.83. The van der Waals surface area contributed by atoms with Gasteiger partial charge in [0, 0.05) is 29.0 Å². The maximum atomic E-state index is 5.85. The third kappa shape index (κ3) is 1.53. The highest BCUT2D eigenvalue weighted by atomic mass is 15.2. The first-order valence-electron chi connectivity index (χ1n) is 6.27. The molecule has 96 valence electrons. The van der Waals surface area contributed by atoms with Crippen LogP contribution < -0.4 is 5.73 Å². The quantitative estimate of drug-likeness (QED) is 0.571. The highest BCUT2D eigenvalue weighted by molar-refractivity contribution is 5.92. The Bertz CT molecular complexity index is 921. The maximum absolute atomic E-state index is 5.85. The molecule has 3 aromatic heterocycles. The highest BCUT2D eigenvalue weighted by Gasteiger charge is 2.11. The summed E-state index contributed by atoms with van der Waals surface area (Å²) in [7, 11) is 0. The van der Waals surface area contributed by atoms with Crippen LogP contribution in [-0.4, -0.2) is 19.6 Å². The van der Waals surface area contributed by atoms with Gasteiger partial charge in [-0.15, -0.1) is 10.2 Å². The minimum Gasteiger partial charge on any atom is -0.398 e. The molecule has 0 spiro atoms. The second kappa shape index (κ2) is 4.03. The van der Waals surface area contributed by atoms with Gasteiger partial charge in [0.15, 0.2) is 11.5 Å². The molecule has 0 aliphatic heterocycles. The summed E-state index contributed by atoms with van der Waals surface area (Å²) in [6, 6.07) is 13.6. The van der Waals surface area contributed by atoms with Crippen molar-refractivity contribution in [3.63, 3.8) is 0 Å². The topological polar surface area (TPSA) is 69.1 Å². The third-order valence-corrected chi connectivity index (χ3v) is 3.30. The largest absolute Gasteiger partial charge is 0.398 e. The van der Waals surface area contributed by atoms with E-state index in [4.69, 9.17) is 5.73 Å². The zero-order chi connectivity index (χ0) is 13.5. The molecule has 4 rings (SSSR count). The van der Waals surface area contributed by atoms with Crippen LogP contribution in [0, 0.1) is 0 Å². The minimum absolute atomic E-state index is 0.673. The lowest BCUT2D eigenvalue weighted by atomic mass is 10.1. The molecule has 2 N–H and O–H groups in total. The molecule has 0 fully saturated rings. The molecule has 0 amide bonds. The molecule has 0 unspecified atom stereocenters. The normalized spacial score (nSPS) is 11.2. The number of nitrogens with zero attached hydrogens (tertiary/aromatic N) is 4. The van der Waals surface area contributed by atoms with Crippen molar-refractivity contribution in [3.8, 4) is 11.4 Å². The maximum Gasteiger partial charge on any atom is 0.170 e. The van der Waals surface area contributed by atoms with E-state index in [1.165, 1.54) is 0 Å². The van der Waals surface area contributed by atoms with Crippen LogP contribution in [0.15, 0.2) is 54.9 Å². The van der Waals surface area contributed by atoms with E-state index in [-0.39, 0.29) is 0 Å². The number of nitrogens with two attached hydrogens (primary N) is 1. The molecule has 0 bridgehead atoms. The number of hydrogen-bond acceptors (Lipinski definition) is 4. The van der Waals surface area contributed by atoms with Crippen LogP contribution in [0.3, 0.4) is 0 Å². The lowest BCUT2D eigenvalue weighted by Gasteiger charge is -2.04. The Labute approximate surface area is 114 Å². The summed E-state index contributed by atoms with van der Waals surface area (Å²) >= 11 is 0. The van der Waals surface area contributed by atoms with E-state index in [1.807, 2.05) is 53.1 Å². The van der Waals surface area contributed by atoms with Crippen molar-refractivity contribution in [1.82, 2.24) is 19.6 Å². The Kier molecular flexibility index (Phi) is 2.20. The Morgan fingerprint density at radius 2 is 1.85 bits per heavy atom. The van der Waals surface area contributed by atoms with Gasteiger partial charge in [0.25, 0.3) is 0 Å². The van der Waals surface area contributed by atoms with E-state index in [1.54, 1.807) is 6.20 Å². The molecule has 0 aliphatic carbocycles. The van der Waals surface area contributed by atoms with Crippen LogP contribution in [0.25, 0.3) is 27.9 Å². The van der Waals surface area contributed by atoms with Gasteiger partial charge in [-0.25, -0.2) is 0 Å². The zero-order valence-electron chi connectivity index (χ0n) is 10.6. The van der Waals surface area contributed by atoms with Crippen molar-refractivity contribution in [2.45, 2.75) is 0 Å². The predicted octanol–water partition coefficient (Wildman–Crippen LogP) is 2.53. The molecule has 0 saturated carbocycles. The molecule has 5 nitrogen and oxygen atoms in total. The number of benzene rings is 1. The van der Waals surface area contributed by atoms with Crippen LogP contribution in [0.5, 0.6) is 0 Å². The van der Waals surface area contributed by atoms with Crippen molar-refractivity contribution in [2.24, 2.45) is 0 Å². The Balaban J connectivity index is 2.09. The fraction of sp³-hybridized carbons (Fsp3) is 0. The fourth-order valence-electron chi connectivity index (χ4n) is 2.38. The summed E-state index contributed by atoms with van der Waals surface area (Å²) in [5, 5.41) is 9.52. The van der Waals surface area contributed by atoms with E-state index in [0.717, 1.165) is 27.9 Å². The molecule has 0 aliphatic rings. The van der Waals surface area contributed by atoms with Crippen LogP contribution in [0.1, 0.15) is 0 Å². The molecule has 4 aromatic rings. The first kappa shape index (κ1) is 10.9. The molecular formula is C15H11N5. The van der Waals surface area contributed by atoms with Gasteiger partial charge in [0.1, 0.15) is 0 Å². The van der Waals surface area contributed by atoms with Gasteiger partial charge < -0.3 is 5.73 Å². The molecular weight excluding hydrogens is 250 g/mol. The molecule has 5 heteroatoms. The second-order valence-electron chi connectivity index (χ2n) is 4.59. The van der Waals surface area contributed by atoms with E-state index in [9.17, 15) is 0 Å². The fourth-order valence-corrected chi connectivity index (χ4v) is 2.38. The second-order valence-corrected chi connectivity index (χ2v) is 4.59. The number of para-hydroxylation sites is 1. The van der Waals surface area contributed by atoms with E-state index >= 15 is 0 Å². The van der Waals surface area contributed by atoms with Gasteiger partial charge in [0.05, 0.1) is 5.52 Å². The average molecular weight is 261 g/mol. The average Bonchev–Trinajstić information content (AvgIpc) is 2.89. The summed E-state index contributed by atoms with van der Waals surface area (Å²) in [4.78, 5) is 4.45. The number of rotatable bonds is 1. The van der Waals surface area contributed by atoms with Crippen molar-refractivity contribution >= 4 is 22.2 Å². The highest BCUT2D eigenvalue weighted by Crippen LogP contribution is 2.26. The Morgan fingerprint density at radius 3 is 2.80 bits per heavy atom. The molecule has 3 heterocycles. The number of nitrogen functional groups attached to an aromatic ring is 1. The van der Waals surface area contributed by atoms with Crippen LogP contribution in [0.4, 0.5) is 5.69 Å². The Morgan fingerprint density at radius 1 is 0.950 bits per heavy atom. The summed E-state index contributed by atoms with van der Waals surface area (Å²) < 4.78 is 1.89. The lowest BCUT2D eigenvalue weighted by molar-refractivity contribution is 1.11. The number of anilines is 1. The van der Waals surface area contributed by atoms with Gasteiger partial charge in [-0.1, -0.05) is 18.2 Å². The van der Waals surface area contributed by atoms with Crippen molar-refractivity contribution in [1.29, 1.82) is 0 Å². The van der Waals surface area contributed by atoms with Gasteiger partial charge in [-0.05, 0) is 24.3 Å². The van der Waals surface area contributed by atoms with Gasteiger partial charge >= 0.3 is 0 Å². The number of pyridine rings is 2. The molecule has 1 aromatic carbocycles. The summed E-state index contributed by atoms with van der Waals surface area (Å²) in [5.41, 5.74) is 9.14. The standard InChI is InChI=1S/C15H11N5/c16-11-6-7-13-18-19-15(20(13)9-11)12-5-1-3-10-4-2-8-17-14(10)12/h1-9H,16H2. The monoisotopic (exact) mass is 261 g/mol.